The third kappa shape index (κ3) is 2.87. The van der Waals surface area contributed by atoms with E-state index in [-0.39, 0.29) is 24.9 Å². The fourth-order valence-electron chi connectivity index (χ4n) is 0.944. The highest BCUT2D eigenvalue weighted by Gasteiger charge is 2.31. The van der Waals surface area contributed by atoms with E-state index < -0.39 is 11.9 Å². The van der Waals surface area contributed by atoms with Gasteiger partial charge in [0.05, 0.1) is 13.2 Å². The molecule has 0 unspecified atom stereocenters. The van der Waals surface area contributed by atoms with Crippen LogP contribution in [0, 0.1) is 0 Å². The Morgan fingerprint density at radius 2 is 2.13 bits per heavy atom. The fourth-order valence-corrected chi connectivity index (χ4v) is 0.944. The first-order valence-electron chi connectivity index (χ1n) is 4.56. The third-order valence-corrected chi connectivity index (χ3v) is 1.50. The molecule has 0 atom stereocenters. The van der Waals surface area contributed by atoms with Crippen molar-refractivity contribution in [1.82, 2.24) is 0 Å². The van der Waals surface area contributed by atoms with Gasteiger partial charge in [-0.25, -0.2) is 4.79 Å². The van der Waals surface area contributed by atoms with Gasteiger partial charge in [-0.3, -0.25) is 4.79 Å². The van der Waals surface area contributed by atoms with Crippen molar-refractivity contribution in [2.75, 3.05) is 19.8 Å². The molecule has 1 heterocycles. The lowest BCUT2D eigenvalue weighted by molar-refractivity contribution is -0.119. The van der Waals surface area contributed by atoms with E-state index in [1.165, 1.54) is 0 Å². The largest absolute Gasteiger partial charge is 0.514 e. The van der Waals surface area contributed by atoms with Crippen molar-refractivity contribution in [2.24, 2.45) is 0 Å². The average molecular weight is 216 g/mol. The van der Waals surface area contributed by atoms with Crippen molar-refractivity contribution >= 4 is 11.9 Å². The van der Waals surface area contributed by atoms with Crippen LogP contribution in [0.1, 0.15) is 13.8 Å². The van der Waals surface area contributed by atoms with E-state index >= 15 is 0 Å². The SMILES string of the molecule is CCOC(=O)OC1=C(OCC)OCC1=O. The molecular formula is C9H12O6. The van der Waals surface area contributed by atoms with Crippen LogP contribution in [0.5, 0.6) is 0 Å². The van der Waals surface area contributed by atoms with Crippen molar-refractivity contribution in [1.29, 1.82) is 0 Å². The molecule has 0 saturated carbocycles. The summed E-state index contributed by atoms with van der Waals surface area (Å²) in [6.45, 7) is 3.67. The molecule has 0 aromatic rings. The van der Waals surface area contributed by atoms with E-state index in [0.717, 1.165) is 0 Å². The van der Waals surface area contributed by atoms with Gasteiger partial charge in [0.2, 0.25) is 5.78 Å². The number of Topliss-reactive ketones (excluding diaryl/α,β-unsaturated/α-hetero) is 1. The summed E-state index contributed by atoms with van der Waals surface area (Å²) in [5.74, 6) is -0.725. The highest BCUT2D eigenvalue weighted by Crippen LogP contribution is 2.18. The zero-order valence-electron chi connectivity index (χ0n) is 8.57. The molecule has 0 amide bonds. The Bertz CT molecular complexity index is 293. The van der Waals surface area contributed by atoms with Crippen molar-refractivity contribution in [3.8, 4) is 0 Å². The Morgan fingerprint density at radius 1 is 1.40 bits per heavy atom. The quantitative estimate of drug-likeness (QED) is 0.652. The molecule has 0 aromatic heterocycles. The maximum absolute atomic E-state index is 11.2. The van der Waals surface area contributed by atoms with E-state index in [4.69, 9.17) is 9.47 Å². The van der Waals surface area contributed by atoms with Crippen molar-refractivity contribution in [2.45, 2.75) is 13.8 Å². The Balaban J connectivity index is 2.66. The maximum Gasteiger partial charge on any atom is 0.514 e. The maximum atomic E-state index is 11.2. The lowest BCUT2D eigenvalue weighted by Gasteiger charge is -2.05. The first kappa shape index (κ1) is 11.4. The number of carbonyl (C=O) groups is 2. The van der Waals surface area contributed by atoms with Crippen LogP contribution in [-0.2, 0) is 23.7 Å². The van der Waals surface area contributed by atoms with Gasteiger partial charge in [-0.1, -0.05) is 0 Å². The summed E-state index contributed by atoms with van der Waals surface area (Å²) in [6, 6.07) is 0. The Labute approximate surface area is 86.7 Å². The predicted molar refractivity (Wildman–Crippen MR) is 47.7 cm³/mol. The molecule has 0 N–H and O–H groups in total. The molecule has 1 aliphatic heterocycles. The van der Waals surface area contributed by atoms with Crippen LogP contribution in [0.25, 0.3) is 0 Å². The number of hydrogen-bond donors (Lipinski definition) is 0. The molecule has 0 fully saturated rings. The molecule has 0 aliphatic carbocycles. The third-order valence-electron chi connectivity index (χ3n) is 1.50. The Hall–Kier alpha value is -1.72. The molecule has 6 heteroatoms. The summed E-state index contributed by atoms with van der Waals surface area (Å²) in [6.07, 6.45) is -0.941. The monoisotopic (exact) mass is 216 g/mol. The zero-order chi connectivity index (χ0) is 11.3. The number of carbonyl (C=O) groups excluding carboxylic acids is 2. The second kappa shape index (κ2) is 5.23. The first-order valence-corrected chi connectivity index (χ1v) is 4.56. The topological polar surface area (TPSA) is 71.1 Å². The van der Waals surface area contributed by atoms with Crippen molar-refractivity contribution in [3.63, 3.8) is 0 Å². The number of hydrogen-bond acceptors (Lipinski definition) is 6. The van der Waals surface area contributed by atoms with Gasteiger partial charge in [-0.15, -0.1) is 0 Å². The Morgan fingerprint density at radius 3 is 2.73 bits per heavy atom. The zero-order valence-corrected chi connectivity index (χ0v) is 8.57. The standard InChI is InChI=1S/C9H12O6/c1-3-12-8-7(6(10)5-14-8)15-9(11)13-4-2/h3-5H2,1-2H3. The molecule has 0 radical (unpaired) electrons. The van der Waals surface area contributed by atoms with Gasteiger partial charge in [0, 0.05) is 0 Å². The minimum Gasteiger partial charge on any atom is -0.463 e. The highest BCUT2D eigenvalue weighted by molar-refractivity contribution is 5.97. The van der Waals surface area contributed by atoms with Crippen molar-refractivity contribution < 1.29 is 28.5 Å². The van der Waals surface area contributed by atoms with Crippen LogP contribution in [0.2, 0.25) is 0 Å². The summed E-state index contributed by atoms with van der Waals surface area (Å²) in [5, 5.41) is 0. The second-order valence-corrected chi connectivity index (χ2v) is 2.55. The van der Waals surface area contributed by atoms with Gasteiger partial charge < -0.3 is 18.9 Å². The van der Waals surface area contributed by atoms with E-state index in [1.807, 2.05) is 0 Å². The molecule has 0 bridgehead atoms. The van der Waals surface area contributed by atoms with E-state index in [2.05, 4.69) is 9.47 Å². The first-order chi connectivity index (χ1) is 7.19. The number of rotatable bonds is 4. The van der Waals surface area contributed by atoms with Crippen molar-refractivity contribution in [3.05, 3.63) is 11.7 Å². The Kier molecular flexibility index (Phi) is 3.96. The summed E-state index contributed by atoms with van der Waals surface area (Å²) in [7, 11) is 0. The van der Waals surface area contributed by atoms with E-state index in [0.29, 0.717) is 6.61 Å². The minimum atomic E-state index is -0.941. The van der Waals surface area contributed by atoms with Gasteiger partial charge >= 0.3 is 12.1 Å². The van der Waals surface area contributed by atoms with Crippen LogP contribution in [0.4, 0.5) is 4.79 Å². The lowest BCUT2D eigenvalue weighted by Crippen LogP contribution is -2.12. The molecule has 0 aromatic carbocycles. The number of ketones is 1. The highest BCUT2D eigenvalue weighted by atomic mass is 16.7. The molecule has 84 valence electrons. The predicted octanol–water partition coefficient (Wildman–Crippen LogP) is 0.964. The molecule has 6 nitrogen and oxygen atoms in total. The lowest BCUT2D eigenvalue weighted by atomic mass is 10.4. The molecule has 0 saturated heterocycles. The smallest absolute Gasteiger partial charge is 0.463 e. The molecule has 15 heavy (non-hydrogen) atoms. The van der Waals surface area contributed by atoms with Crippen LogP contribution < -0.4 is 0 Å². The number of ether oxygens (including phenoxy) is 4. The van der Waals surface area contributed by atoms with Gasteiger partial charge in [0.1, 0.15) is 0 Å². The average Bonchev–Trinajstić information content (AvgIpc) is 2.51. The van der Waals surface area contributed by atoms with Gasteiger partial charge in [-0.05, 0) is 13.8 Å². The van der Waals surface area contributed by atoms with E-state index in [1.54, 1.807) is 13.8 Å². The van der Waals surface area contributed by atoms with E-state index in [9.17, 15) is 9.59 Å². The summed E-state index contributed by atoms with van der Waals surface area (Å²) >= 11 is 0. The summed E-state index contributed by atoms with van der Waals surface area (Å²) in [5.41, 5.74) is 0. The second-order valence-electron chi connectivity index (χ2n) is 2.55. The van der Waals surface area contributed by atoms with Gasteiger partial charge in [0.25, 0.3) is 5.76 Å². The molecule has 1 rings (SSSR count). The van der Waals surface area contributed by atoms with Gasteiger partial charge in [0.15, 0.2) is 6.61 Å². The molecule has 0 spiro atoms. The molecule has 1 aliphatic rings. The van der Waals surface area contributed by atoms with Crippen LogP contribution in [0.3, 0.4) is 0 Å². The summed E-state index contributed by atoms with van der Waals surface area (Å²) < 4.78 is 19.0. The summed E-state index contributed by atoms with van der Waals surface area (Å²) in [4.78, 5) is 22.2. The fraction of sp³-hybridized carbons (Fsp3) is 0.556. The van der Waals surface area contributed by atoms with Gasteiger partial charge in [-0.2, -0.15) is 0 Å². The molecular weight excluding hydrogens is 204 g/mol. The van der Waals surface area contributed by atoms with Crippen LogP contribution >= 0.6 is 0 Å². The normalized spacial score (nSPS) is 14.9. The van der Waals surface area contributed by atoms with Crippen LogP contribution in [-0.4, -0.2) is 31.8 Å². The van der Waals surface area contributed by atoms with Crippen LogP contribution in [0.15, 0.2) is 11.7 Å². The minimum absolute atomic E-state index is 0.0597.